The number of fused-ring (bicyclic) bond motifs is 1. The summed E-state index contributed by atoms with van der Waals surface area (Å²) < 4.78 is 6.39. The maximum atomic E-state index is 13.1. The highest BCUT2D eigenvalue weighted by atomic mass is 16.5. The third-order valence-corrected chi connectivity index (χ3v) is 7.53. The number of carbonyl (C=O) groups excluding carboxylic acids is 2. The van der Waals surface area contributed by atoms with Gasteiger partial charge in [0.15, 0.2) is 0 Å². The third-order valence-electron chi connectivity index (χ3n) is 7.53. The van der Waals surface area contributed by atoms with Crippen molar-refractivity contribution in [3.05, 3.63) is 0 Å². The summed E-state index contributed by atoms with van der Waals surface area (Å²) in [5.41, 5.74) is 0. The molecule has 0 aromatic heterocycles. The fourth-order valence-corrected chi connectivity index (χ4v) is 5.92. The van der Waals surface area contributed by atoms with E-state index in [1.54, 1.807) is 4.90 Å². The van der Waals surface area contributed by atoms with Crippen molar-refractivity contribution >= 4 is 11.8 Å². The Morgan fingerprint density at radius 1 is 0.731 bits per heavy atom. The Bertz CT molecular complexity index is 540. The number of carbonyl (C=O) groups is 2. The summed E-state index contributed by atoms with van der Waals surface area (Å²) in [6.45, 7) is 4.57. The molecule has 146 valence electrons. The number of likely N-dealkylation sites (tertiary alicyclic amines) is 1. The fraction of sp³-hybridized carbons (Fsp3) is 0.909. The zero-order chi connectivity index (χ0) is 18.3. The van der Waals surface area contributed by atoms with Gasteiger partial charge in [0.25, 0.3) is 0 Å². The van der Waals surface area contributed by atoms with Crippen LogP contribution in [0, 0.1) is 23.7 Å². The highest BCUT2D eigenvalue weighted by molar-refractivity contribution is 6.05. The van der Waals surface area contributed by atoms with Gasteiger partial charge in [-0.3, -0.25) is 14.5 Å². The van der Waals surface area contributed by atoms with E-state index >= 15 is 0 Å². The number of hydrogen-bond acceptors (Lipinski definition) is 3. The van der Waals surface area contributed by atoms with Crippen LogP contribution in [0.4, 0.5) is 0 Å². The predicted molar refractivity (Wildman–Crippen MR) is 100 cm³/mol. The lowest BCUT2D eigenvalue weighted by atomic mass is 9.79. The molecule has 4 fully saturated rings. The van der Waals surface area contributed by atoms with E-state index in [1.807, 2.05) is 0 Å². The summed E-state index contributed by atoms with van der Waals surface area (Å²) in [6.07, 6.45) is 12.3. The van der Waals surface area contributed by atoms with Crippen LogP contribution in [-0.2, 0) is 14.3 Å². The molecule has 0 bridgehead atoms. The molecule has 5 atom stereocenters. The van der Waals surface area contributed by atoms with Crippen molar-refractivity contribution in [2.45, 2.75) is 103 Å². The van der Waals surface area contributed by atoms with Crippen molar-refractivity contribution in [3.63, 3.8) is 0 Å². The normalized spacial score (nSPS) is 44.2. The van der Waals surface area contributed by atoms with Crippen molar-refractivity contribution in [3.8, 4) is 0 Å². The minimum atomic E-state index is -0.110. The van der Waals surface area contributed by atoms with E-state index in [4.69, 9.17) is 4.74 Å². The van der Waals surface area contributed by atoms with E-state index in [0.29, 0.717) is 12.0 Å². The minimum absolute atomic E-state index is 0.0639. The molecule has 1 heterocycles. The number of amides is 2. The molecule has 0 aromatic rings. The molecule has 1 saturated heterocycles. The standard InChI is InChI=1S/C22H35NO3/c1-14-6-8-17(9-7-14)26-18-10-11-19-20(13-18)22(25)23(21(19)24)16-5-3-4-15(2)12-16/h14-20H,3-13H2,1-2H3. The zero-order valence-electron chi connectivity index (χ0n) is 16.5. The second kappa shape index (κ2) is 7.61. The molecule has 0 N–H and O–H groups in total. The molecule has 26 heavy (non-hydrogen) atoms. The average molecular weight is 362 g/mol. The van der Waals surface area contributed by atoms with Gasteiger partial charge in [-0.1, -0.05) is 26.7 Å². The molecule has 3 saturated carbocycles. The Morgan fingerprint density at radius 2 is 1.42 bits per heavy atom. The van der Waals surface area contributed by atoms with E-state index in [9.17, 15) is 9.59 Å². The monoisotopic (exact) mass is 361 g/mol. The molecule has 1 aliphatic heterocycles. The molecule has 4 nitrogen and oxygen atoms in total. The van der Waals surface area contributed by atoms with Gasteiger partial charge in [0.05, 0.1) is 24.0 Å². The van der Waals surface area contributed by atoms with Gasteiger partial charge < -0.3 is 4.74 Å². The van der Waals surface area contributed by atoms with Crippen LogP contribution in [-0.4, -0.2) is 35.0 Å². The largest absolute Gasteiger partial charge is 0.375 e. The van der Waals surface area contributed by atoms with Crippen LogP contribution < -0.4 is 0 Å². The first-order valence-electron chi connectivity index (χ1n) is 11.0. The van der Waals surface area contributed by atoms with Gasteiger partial charge in [-0.2, -0.15) is 0 Å². The average Bonchev–Trinajstić information content (AvgIpc) is 2.87. The Kier molecular flexibility index (Phi) is 5.41. The summed E-state index contributed by atoms with van der Waals surface area (Å²) >= 11 is 0. The maximum Gasteiger partial charge on any atom is 0.233 e. The molecule has 5 unspecified atom stereocenters. The van der Waals surface area contributed by atoms with Crippen LogP contribution in [0.1, 0.15) is 84.5 Å². The van der Waals surface area contributed by atoms with E-state index in [2.05, 4.69) is 13.8 Å². The molecule has 3 aliphatic carbocycles. The van der Waals surface area contributed by atoms with Gasteiger partial charge in [0, 0.05) is 6.04 Å². The first-order valence-corrected chi connectivity index (χ1v) is 11.0. The molecule has 4 aliphatic rings. The SMILES string of the molecule is CC1CCC(OC2CCC3C(=O)N(C4CCCC(C)C4)C(=O)C3C2)CC1. The van der Waals surface area contributed by atoms with Crippen molar-refractivity contribution < 1.29 is 14.3 Å². The highest BCUT2D eigenvalue weighted by Crippen LogP contribution is 2.43. The zero-order valence-corrected chi connectivity index (χ0v) is 16.5. The Labute approximate surface area is 158 Å². The number of rotatable bonds is 3. The van der Waals surface area contributed by atoms with E-state index < -0.39 is 0 Å². The van der Waals surface area contributed by atoms with Crippen LogP contribution in [0.3, 0.4) is 0 Å². The van der Waals surface area contributed by atoms with Crippen LogP contribution in [0.5, 0.6) is 0 Å². The summed E-state index contributed by atoms with van der Waals surface area (Å²) in [5, 5.41) is 0. The lowest BCUT2D eigenvalue weighted by molar-refractivity contribution is -0.143. The molecule has 0 radical (unpaired) electrons. The Balaban J connectivity index is 1.38. The van der Waals surface area contributed by atoms with Crippen molar-refractivity contribution in [2.24, 2.45) is 23.7 Å². The van der Waals surface area contributed by atoms with Crippen molar-refractivity contribution in [1.29, 1.82) is 0 Å². The third kappa shape index (κ3) is 3.58. The lowest BCUT2D eigenvalue weighted by Gasteiger charge is -2.34. The molecule has 0 aromatic carbocycles. The number of hydrogen-bond donors (Lipinski definition) is 0. The van der Waals surface area contributed by atoms with Gasteiger partial charge in [-0.25, -0.2) is 0 Å². The second-order valence-corrected chi connectivity index (χ2v) is 9.64. The fourth-order valence-electron chi connectivity index (χ4n) is 5.92. The summed E-state index contributed by atoms with van der Waals surface area (Å²) in [7, 11) is 0. The molecule has 2 amide bonds. The quantitative estimate of drug-likeness (QED) is 0.704. The smallest absolute Gasteiger partial charge is 0.233 e. The van der Waals surface area contributed by atoms with Crippen LogP contribution in [0.25, 0.3) is 0 Å². The molecular weight excluding hydrogens is 326 g/mol. The summed E-state index contributed by atoms with van der Waals surface area (Å²) in [5.74, 6) is 1.52. The Morgan fingerprint density at radius 3 is 2.15 bits per heavy atom. The maximum absolute atomic E-state index is 13.1. The van der Waals surface area contributed by atoms with Crippen LogP contribution >= 0.6 is 0 Å². The van der Waals surface area contributed by atoms with E-state index in [0.717, 1.165) is 57.3 Å². The van der Waals surface area contributed by atoms with Gasteiger partial charge >= 0.3 is 0 Å². The van der Waals surface area contributed by atoms with Crippen LogP contribution in [0.15, 0.2) is 0 Å². The van der Waals surface area contributed by atoms with Gasteiger partial charge in [-0.05, 0) is 69.6 Å². The number of imide groups is 1. The first kappa shape index (κ1) is 18.5. The number of ether oxygens (including phenoxy) is 1. The highest BCUT2D eigenvalue weighted by Gasteiger charge is 2.52. The lowest BCUT2D eigenvalue weighted by Crippen LogP contribution is -2.43. The second-order valence-electron chi connectivity index (χ2n) is 9.64. The molecule has 4 rings (SSSR count). The van der Waals surface area contributed by atoms with Crippen molar-refractivity contribution in [2.75, 3.05) is 0 Å². The van der Waals surface area contributed by atoms with Gasteiger partial charge in [0.2, 0.25) is 11.8 Å². The van der Waals surface area contributed by atoms with Crippen molar-refractivity contribution in [1.82, 2.24) is 4.90 Å². The number of nitrogens with zero attached hydrogens (tertiary/aromatic N) is 1. The van der Waals surface area contributed by atoms with Gasteiger partial charge in [0.1, 0.15) is 0 Å². The van der Waals surface area contributed by atoms with E-state index in [-0.39, 0.29) is 35.8 Å². The van der Waals surface area contributed by atoms with Crippen LogP contribution in [0.2, 0.25) is 0 Å². The predicted octanol–water partition coefficient (Wildman–Crippen LogP) is 4.31. The summed E-state index contributed by atoms with van der Waals surface area (Å²) in [4.78, 5) is 27.7. The summed E-state index contributed by atoms with van der Waals surface area (Å²) in [6, 6.07) is 0.156. The molecule has 4 heteroatoms. The minimum Gasteiger partial charge on any atom is -0.375 e. The van der Waals surface area contributed by atoms with Gasteiger partial charge in [-0.15, -0.1) is 0 Å². The Hall–Kier alpha value is -0.900. The first-order chi connectivity index (χ1) is 12.5. The molecule has 0 spiro atoms. The van der Waals surface area contributed by atoms with E-state index in [1.165, 1.54) is 19.3 Å². The topological polar surface area (TPSA) is 46.6 Å². The molecular formula is C22H35NO3.